The van der Waals surface area contributed by atoms with Gasteiger partial charge in [-0.25, -0.2) is 4.98 Å². The Hall–Kier alpha value is -2.97. The maximum absolute atomic E-state index is 13.4. The molecule has 0 radical (unpaired) electrons. The summed E-state index contributed by atoms with van der Waals surface area (Å²) in [5.74, 6) is 0.506. The lowest BCUT2D eigenvalue weighted by Crippen LogP contribution is -2.47. The molecule has 15 heteroatoms. The van der Waals surface area contributed by atoms with E-state index in [1.165, 1.54) is 17.2 Å². The molecule has 0 saturated heterocycles. The molecule has 0 fully saturated rings. The van der Waals surface area contributed by atoms with Gasteiger partial charge in [-0.15, -0.1) is 0 Å². The number of thiocarbonyl (C=S) groups is 2. The summed E-state index contributed by atoms with van der Waals surface area (Å²) in [5.41, 5.74) is -0.142. The average Bonchev–Trinajstić information content (AvgIpc) is 2.81. The molecule has 38 heavy (non-hydrogen) atoms. The molecule has 1 aromatic carbocycles. The van der Waals surface area contributed by atoms with Crippen LogP contribution in [0.5, 0.6) is 0 Å². The first-order valence-electron chi connectivity index (χ1n) is 11.4. The smallest absolute Gasteiger partial charge is 0.416 e. The third kappa shape index (κ3) is 8.81. The molecule has 0 saturated carbocycles. The number of benzene rings is 1. The standard InChI is InChI=1S/C20H23F3N6O2S.C3H5ClOS/c1-5-31-19(32)26-14-7-12(20(21,22)23)6-13(8-14)25-18-24-9-15-17(27-18)29(11(2)3)10-16(30)28(15)4;1-2-5-3(4)6/h6-9,11H,5,10H2,1-4H3,(H,26,32)(H,24,25,27);2H2,1H3. The van der Waals surface area contributed by atoms with E-state index in [9.17, 15) is 18.0 Å². The number of fused-ring (bicyclic) bond motifs is 1. The molecule has 0 bridgehead atoms. The Morgan fingerprint density at radius 2 is 1.79 bits per heavy atom. The van der Waals surface area contributed by atoms with Crippen LogP contribution in [0.2, 0.25) is 0 Å². The molecule has 2 aromatic rings. The van der Waals surface area contributed by atoms with Crippen LogP contribution in [0.25, 0.3) is 0 Å². The first kappa shape index (κ1) is 31.2. The SMILES string of the molecule is CCOC(=S)Cl.CCOC(=S)Nc1cc(Nc2ncc3c(n2)N(C(C)C)CC(=O)N3C)cc(C(F)(F)F)c1. The molecule has 1 aliphatic heterocycles. The molecular weight excluding hydrogens is 565 g/mol. The maximum Gasteiger partial charge on any atom is 0.416 e. The number of hydrogen-bond acceptors (Lipinski definition) is 9. The topological polar surface area (TPSA) is 91.9 Å². The van der Waals surface area contributed by atoms with Crippen molar-refractivity contribution in [1.29, 1.82) is 0 Å². The number of carbonyl (C=O) groups is 1. The summed E-state index contributed by atoms with van der Waals surface area (Å²) in [6, 6.07) is 3.32. The number of anilines is 5. The van der Waals surface area contributed by atoms with Crippen molar-refractivity contribution < 1.29 is 27.4 Å². The zero-order valence-corrected chi connectivity index (χ0v) is 23.7. The maximum atomic E-state index is 13.4. The Bertz CT molecular complexity index is 1170. The quantitative estimate of drug-likeness (QED) is 0.321. The van der Waals surface area contributed by atoms with Crippen molar-refractivity contribution >= 4 is 80.5 Å². The monoisotopic (exact) mass is 592 g/mol. The molecular formula is C23H28ClF3N6O3S2. The van der Waals surface area contributed by atoms with Crippen molar-refractivity contribution in [3.8, 4) is 0 Å². The zero-order chi connectivity index (χ0) is 28.6. The van der Waals surface area contributed by atoms with Crippen LogP contribution in [0.4, 0.5) is 42.0 Å². The van der Waals surface area contributed by atoms with E-state index in [-0.39, 0.29) is 52.1 Å². The lowest BCUT2D eigenvalue weighted by molar-refractivity contribution is -0.137. The fraction of sp³-hybridized carbons (Fsp3) is 0.435. The van der Waals surface area contributed by atoms with Crippen molar-refractivity contribution in [1.82, 2.24) is 9.97 Å². The first-order chi connectivity index (χ1) is 17.8. The third-order valence-corrected chi connectivity index (χ3v) is 5.43. The van der Waals surface area contributed by atoms with E-state index < -0.39 is 11.7 Å². The number of amides is 1. The Kier molecular flexibility index (Phi) is 11.3. The molecule has 0 atom stereocenters. The van der Waals surface area contributed by atoms with Crippen LogP contribution in [-0.2, 0) is 20.4 Å². The van der Waals surface area contributed by atoms with Gasteiger partial charge in [0.05, 0.1) is 31.5 Å². The van der Waals surface area contributed by atoms with Gasteiger partial charge < -0.3 is 29.9 Å². The van der Waals surface area contributed by atoms with E-state index in [1.807, 2.05) is 25.7 Å². The summed E-state index contributed by atoms with van der Waals surface area (Å²) < 4.78 is 50.0. The number of carbonyl (C=O) groups excluding carboxylic acids is 1. The molecule has 2 N–H and O–H groups in total. The van der Waals surface area contributed by atoms with E-state index in [2.05, 4.69) is 37.6 Å². The second kappa shape index (κ2) is 13.7. The van der Waals surface area contributed by atoms with Crippen LogP contribution < -0.4 is 20.4 Å². The van der Waals surface area contributed by atoms with E-state index in [0.717, 1.165) is 12.1 Å². The van der Waals surface area contributed by atoms with Crippen LogP contribution in [0, 0.1) is 0 Å². The Balaban J connectivity index is 0.000000757. The van der Waals surface area contributed by atoms with Crippen molar-refractivity contribution in [2.24, 2.45) is 0 Å². The van der Waals surface area contributed by atoms with Gasteiger partial charge in [0.2, 0.25) is 11.9 Å². The number of nitrogens with one attached hydrogen (secondary N) is 2. The number of nitrogens with zero attached hydrogens (tertiary/aromatic N) is 4. The Labute approximate surface area is 234 Å². The molecule has 0 spiro atoms. The Morgan fingerprint density at radius 1 is 1.16 bits per heavy atom. The normalized spacial score (nSPS) is 12.8. The second-order valence-corrected chi connectivity index (χ2v) is 9.32. The van der Waals surface area contributed by atoms with E-state index in [1.54, 1.807) is 14.0 Å². The minimum Gasteiger partial charge on any atom is -0.475 e. The zero-order valence-electron chi connectivity index (χ0n) is 21.4. The molecule has 208 valence electrons. The van der Waals surface area contributed by atoms with Crippen molar-refractivity contribution in [2.45, 2.75) is 39.9 Å². The van der Waals surface area contributed by atoms with Gasteiger partial charge in [0.25, 0.3) is 9.68 Å². The molecule has 3 rings (SSSR count). The van der Waals surface area contributed by atoms with Gasteiger partial charge in [0.15, 0.2) is 5.82 Å². The summed E-state index contributed by atoms with van der Waals surface area (Å²) in [7, 11) is 1.63. The van der Waals surface area contributed by atoms with E-state index >= 15 is 0 Å². The first-order valence-corrected chi connectivity index (χ1v) is 12.6. The number of alkyl halides is 3. The van der Waals surface area contributed by atoms with Crippen LogP contribution in [0.15, 0.2) is 24.4 Å². The van der Waals surface area contributed by atoms with Gasteiger partial charge in [-0.3, -0.25) is 4.79 Å². The second-order valence-electron chi connectivity index (χ2n) is 8.01. The van der Waals surface area contributed by atoms with E-state index in [4.69, 9.17) is 28.6 Å². The van der Waals surface area contributed by atoms with Crippen LogP contribution in [0.3, 0.4) is 0 Å². The van der Waals surface area contributed by atoms with Gasteiger partial charge in [-0.1, -0.05) is 0 Å². The van der Waals surface area contributed by atoms with Crippen LogP contribution in [0.1, 0.15) is 33.3 Å². The van der Waals surface area contributed by atoms with E-state index in [0.29, 0.717) is 18.1 Å². The van der Waals surface area contributed by atoms with Gasteiger partial charge in [-0.05, 0) is 81.9 Å². The highest BCUT2D eigenvalue weighted by Gasteiger charge is 2.32. The number of aromatic nitrogens is 2. The highest BCUT2D eigenvalue weighted by molar-refractivity contribution is 7.82. The highest BCUT2D eigenvalue weighted by atomic mass is 35.5. The van der Waals surface area contributed by atoms with Crippen molar-refractivity contribution in [2.75, 3.05) is 47.2 Å². The predicted octanol–water partition coefficient (Wildman–Crippen LogP) is 5.71. The van der Waals surface area contributed by atoms with Gasteiger partial charge in [0, 0.05) is 24.5 Å². The lowest BCUT2D eigenvalue weighted by Gasteiger charge is -2.36. The fourth-order valence-corrected chi connectivity index (χ4v) is 3.69. The fourth-order valence-electron chi connectivity index (χ4n) is 3.23. The lowest BCUT2D eigenvalue weighted by atomic mass is 10.1. The van der Waals surface area contributed by atoms with Crippen molar-refractivity contribution in [3.63, 3.8) is 0 Å². The molecule has 0 aliphatic carbocycles. The van der Waals surface area contributed by atoms with Crippen LogP contribution >= 0.6 is 36.0 Å². The minimum absolute atomic E-state index is 0.0157. The summed E-state index contributed by atoms with van der Waals surface area (Å²) in [4.78, 5) is 24.1. The number of ether oxygens (including phenoxy) is 2. The summed E-state index contributed by atoms with van der Waals surface area (Å²) in [5, 5.41) is 5.42. The number of hydrogen-bond donors (Lipinski definition) is 2. The highest BCUT2D eigenvalue weighted by Crippen LogP contribution is 2.36. The predicted molar refractivity (Wildman–Crippen MR) is 151 cm³/mol. The Morgan fingerprint density at radius 3 is 2.32 bits per heavy atom. The molecule has 1 amide bonds. The minimum atomic E-state index is -4.57. The number of halogens is 4. The third-order valence-electron chi connectivity index (χ3n) is 4.98. The number of likely N-dealkylation sites (N-methyl/N-ethyl adjacent to an activating group) is 1. The number of rotatable bonds is 6. The molecule has 0 unspecified atom stereocenters. The van der Waals surface area contributed by atoms with Gasteiger partial charge >= 0.3 is 6.18 Å². The summed E-state index contributed by atoms with van der Waals surface area (Å²) in [6.45, 7) is 8.36. The average molecular weight is 593 g/mol. The van der Waals surface area contributed by atoms with Gasteiger partial charge in [-0.2, -0.15) is 18.2 Å². The van der Waals surface area contributed by atoms with Crippen molar-refractivity contribution in [3.05, 3.63) is 30.0 Å². The summed E-state index contributed by atoms with van der Waals surface area (Å²) >= 11 is 14.4. The summed E-state index contributed by atoms with van der Waals surface area (Å²) in [6.07, 6.45) is -3.11. The molecule has 1 aromatic heterocycles. The molecule has 9 nitrogen and oxygen atoms in total. The van der Waals surface area contributed by atoms with Crippen LogP contribution in [-0.4, -0.2) is 58.4 Å². The van der Waals surface area contributed by atoms with Gasteiger partial charge in [0.1, 0.15) is 5.69 Å². The molecule has 2 heterocycles. The largest absolute Gasteiger partial charge is 0.475 e. The molecule has 1 aliphatic rings.